The molecule has 1 aliphatic rings. The van der Waals surface area contributed by atoms with E-state index in [1.54, 1.807) is 12.7 Å². The van der Waals surface area contributed by atoms with Crippen molar-refractivity contribution in [3.05, 3.63) is 12.7 Å². The minimum absolute atomic E-state index is 0. The Morgan fingerprint density at radius 1 is 1.18 bits per heavy atom. The number of hydrogen-bond donors (Lipinski definition) is 1. The Bertz CT molecular complexity index is 423. The van der Waals surface area contributed by atoms with Crippen LogP contribution in [-0.2, 0) is 6.54 Å². The molecule has 0 aliphatic carbocycles. The Morgan fingerprint density at radius 3 is 2.41 bits per heavy atom. The molecule has 0 bridgehead atoms. The zero-order valence-electron chi connectivity index (χ0n) is 13.9. The molecule has 1 aromatic heterocycles. The van der Waals surface area contributed by atoms with Crippen LogP contribution in [0, 0.1) is 11.8 Å². The zero-order valence-corrected chi connectivity index (χ0v) is 16.2. The fourth-order valence-electron chi connectivity index (χ4n) is 3.13. The smallest absolute Gasteiger partial charge is 0.193 e. The Morgan fingerprint density at radius 2 is 1.82 bits per heavy atom. The number of unbranched alkanes of at least 4 members (excludes halogenated alkanes) is 1. The van der Waals surface area contributed by atoms with E-state index in [1.165, 1.54) is 6.42 Å². The van der Waals surface area contributed by atoms with Crippen molar-refractivity contribution >= 4 is 29.9 Å². The van der Waals surface area contributed by atoms with E-state index in [4.69, 9.17) is 0 Å². The standard InChI is InChI=1S/C15H28N6.HI/c1-13-8-14(2)10-21(9-13)15(16-3)17-6-4-5-7-20-11-18-19-12-20;/h11-14H,4-10H2,1-3H3,(H,16,17);1H. The van der Waals surface area contributed by atoms with Gasteiger partial charge in [0.1, 0.15) is 12.7 Å². The van der Waals surface area contributed by atoms with Gasteiger partial charge in [0, 0.05) is 33.2 Å². The van der Waals surface area contributed by atoms with Gasteiger partial charge in [0.05, 0.1) is 0 Å². The van der Waals surface area contributed by atoms with Gasteiger partial charge in [0.15, 0.2) is 5.96 Å². The van der Waals surface area contributed by atoms with Gasteiger partial charge in [-0.25, -0.2) is 0 Å². The fourth-order valence-corrected chi connectivity index (χ4v) is 3.13. The summed E-state index contributed by atoms with van der Waals surface area (Å²) in [5, 5.41) is 11.1. The number of hydrogen-bond acceptors (Lipinski definition) is 3. The molecule has 6 nitrogen and oxygen atoms in total. The van der Waals surface area contributed by atoms with Crippen molar-refractivity contribution in [3.8, 4) is 0 Å². The third-order valence-electron chi connectivity index (χ3n) is 3.97. The van der Waals surface area contributed by atoms with E-state index in [-0.39, 0.29) is 24.0 Å². The van der Waals surface area contributed by atoms with Gasteiger partial charge < -0.3 is 14.8 Å². The Labute approximate surface area is 150 Å². The normalized spacial score (nSPS) is 22.3. The average molecular weight is 420 g/mol. The molecule has 1 fully saturated rings. The summed E-state index contributed by atoms with van der Waals surface area (Å²) in [5.74, 6) is 2.56. The largest absolute Gasteiger partial charge is 0.356 e. The van der Waals surface area contributed by atoms with Crippen LogP contribution < -0.4 is 5.32 Å². The number of halogens is 1. The van der Waals surface area contributed by atoms with Crippen molar-refractivity contribution < 1.29 is 0 Å². The van der Waals surface area contributed by atoms with E-state index in [0.717, 1.165) is 56.8 Å². The summed E-state index contributed by atoms with van der Waals surface area (Å²) in [7, 11) is 1.88. The molecule has 0 amide bonds. The molecule has 2 atom stereocenters. The van der Waals surface area contributed by atoms with Gasteiger partial charge in [-0.1, -0.05) is 13.8 Å². The van der Waals surface area contributed by atoms with Gasteiger partial charge in [-0.05, 0) is 31.1 Å². The summed E-state index contributed by atoms with van der Waals surface area (Å²) in [5.41, 5.74) is 0. The van der Waals surface area contributed by atoms with Crippen molar-refractivity contribution in [1.82, 2.24) is 25.0 Å². The van der Waals surface area contributed by atoms with Crippen molar-refractivity contribution in [3.63, 3.8) is 0 Å². The third kappa shape index (κ3) is 6.10. The van der Waals surface area contributed by atoms with E-state index in [0.29, 0.717) is 0 Å². The van der Waals surface area contributed by atoms with Crippen LogP contribution in [-0.4, -0.2) is 52.3 Å². The second kappa shape index (κ2) is 10.0. The molecule has 0 radical (unpaired) electrons. The summed E-state index contributed by atoms with van der Waals surface area (Å²) in [6.45, 7) is 8.83. The van der Waals surface area contributed by atoms with Crippen LogP contribution in [0.2, 0.25) is 0 Å². The molecule has 2 unspecified atom stereocenters. The highest BCUT2D eigenvalue weighted by molar-refractivity contribution is 14.0. The maximum absolute atomic E-state index is 4.43. The van der Waals surface area contributed by atoms with Gasteiger partial charge in [-0.2, -0.15) is 0 Å². The van der Waals surface area contributed by atoms with Crippen LogP contribution in [0.25, 0.3) is 0 Å². The minimum Gasteiger partial charge on any atom is -0.356 e. The van der Waals surface area contributed by atoms with E-state index in [1.807, 2.05) is 11.6 Å². The van der Waals surface area contributed by atoms with Gasteiger partial charge in [0.25, 0.3) is 0 Å². The number of piperidine rings is 1. The van der Waals surface area contributed by atoms with Gasteiger partial charge in [0.2, 0.25) is 0 Å². The highest BCUT2D eigenvalue weighted by atomic mass is 127. The lowest BCUT2D eigenvalue weighted by Crippen LogP contribution is -2.48. The monoisotopic (exact) mass is 420 g/mol. The topological polar surface area (TPSA) is 58.3 Å². The molecule has 22 heavy (non-hydrogen) atoms. The van der Waals surface area contributed by atoms with Crippen LogP contribution >= 0.6 is 24.0 Å². The molecule has 7 heteroatoms. The van der Waals surface area contributed by atoms with Crippen molar-refractivity contribution in [2.24, 2.45) is 16.8 Å². The molecule has 1 aromatic rings. The predicted molar refractivity (Wildman–Crippen MR) is 101 cm³/mol. The molecule has 1 aliphatic heterocycles. The Hall–Kier alpha value is -0.860. The number of aliphatic imine (C=N–C) groups is 1. The number of aryl methyl sites for hydroxylation is 1. The lowest BCUT2D eigenvalue weighted by atomic mass is 9.92. The minimum atomic E-state index is 0. The Balaban J connectivity index is 0.00000242. The van der Waals surface area contributed by atoms with Gasteiger partial charge in [-0.3, -0.25) is 4.99 Å². The molecule has 0 aromatic carbocycles. The van der Waals surface area contributed by atoms with Gasteiger partial charge in [-0.15, -0.1) is 34.2 Å². The molecular weight excluding hydrogens is 391 g/mol. The highest BCUT2D eigenvalue weighted by Gasteiger charge is 2.23. The first-order valence-corrected chi connectivity index (χ1v) is 7.97. The number of rotatable bonds is 5. The summed E-state index contributed by atoms with van der Waals surface area (Å²) in [6.07, 6.45) is 7.10. The number of nitrogens with zero attached hydrogens (tertiary/aromatic N) is 5. The molecule has 2 heterocycles. The van der Waals surface area contributed by atoms with Crippen molar-refractivity contribution in [2.45, 2.75) is 39.7 Å². The summed E-state index contributed by atoms with van der Waals surface area (Å²) in [4.78, 5) is 6.84. The molecule has 0 spiro atoms. The summed E-state index contributed by atoms with van der Waals surface area (Å²) < 4.78 is 2.02. The van der Waals surface area contributed by atoms with Crippen LogP contribution in [0.15, 0.2) is 17.6 Å². The van der Waals surface area contributed by atoms with Crippen molar-refractivity contribution in [1.29, 1.82) is 0 Å². The number of nitrogens with one attached hydrogen (secondary N) is 1. The summed E-state index contributed by atoms with van der Waals surface area (Å²) >= 11 is 0. The van der Waals surface area contributed by atoms with Crippen LogP contribution in [0.4, 0.5) is 0 Å². The molecule has 1 saturated heterocycles. The van der Waals surface area contributed by atoms with E-state index in [2.05, 4.69) is 39.3 Å². The molecule has 1 N–H and O–H groups in total. The molecule has 2 rings (SSSR count). The van der Waals surface area contributed by atoms with Crippen LogP contribution in [0.5, 0.6) is 0 Å². The van der Waals surface area contributed by atoms with Crippen molar-refractivity contribution in [2.75, 3.05) is 26.7 Å². The SMILES string of the molecule is CN=C(NCCCCn1cnnc1)N1CC(C)CC(C)C1.I. The average Bonchev–Trinajstić information content (AvgIpc) is 2.95. The molecular formula is C15H29IN6. The predicted octanol–water partition coefficient (Wildman–Crippen LogP) is 2.23. The quantitative estimate of drug-likeness (QED) is 0.344. The lowest BCUT2D eigenvalue weighted by Gasteiger charge is -2.37. The lowest BCUT2D eigenvalue weighted by molar-refractivity contribution is 0.208. The zero-order chi connectivity index (χ0) is 15.1. The molecule has 0 saturated carbocycles. The first-order chi connectivity index (χ1) is 10.2. The number of aromatic nitrogens is 3. The van der Waals surface area contributed by atoms with E-state index in [9.17, 15) is 0 Å². The highest BCUT2D eigenvalue weighted by Crippen LogP contribution is 2.20. The second-order valence-electron chi connectivity index (χ2n) is 6.23. The van der Waals surface area contributed by atoms with E-state index < -0.39 is 0 Å². The number of likely N-dealkylation sites (tertiary alicyclic amines) is 1. The first-order valence-electron chi connectivity index (χ1n) is 7.97. The van der Waals surface area contributed by atoms with Gasteiger partial charge >= 0.3 is 0 Å². The van der Waals surface area contributed by atoms with E-state index >= 15 is 0 Å². The third-order valence-corrected chi connectivity index (χ3v) is 3.97. The fraction of sp³-hybridized carbons (Fsp3) is 0.800. The maximum Gasteiger partial charge on any atom is 0.193 e. The van der Waals surface area contributed by atoms with Crippen LogP contribution in [0.3, 0.4) is 0 Å². The summed E-state index contributed by atoms with van der Waals surface area (Å²) in [6, 6.07) is 0. The second-order valence-corrected chi connectivity index (χ2v) is 6.23. The Kier molecular flexibility index (Phi) is 8.74. The maximum atomic E-state index is 4.43. The van der Waals surface area contributed by atoms with Crippen LogP contribution in [0.1, 0.15) is 33.1 Å². The number of guanidine groups is 1. The first kappa shape index (κ1) is 19.2. The molecule has 126 valence electrons.